The molecule has 4 N–H and O–H groups in total. The highest BCUT2D eigenvalue weighted by molar-refractivity contribution is 7.10. The minimum atomic E-state index is 0.151. The van der Waals surface area contributed by atoms with Crippen LogP contribution in [-0.2, 0) is 0 Å². The lowest BCUT2D eigenvalue weighted by Gasteiger charge is -2.15. The first-order valence-corrected chi connectivity index (χ1v) is 6.71. The molecule has 2 aromatic rings. The van der Waals surface area contributed by atoms with Crippen molar-refractivity contribution in [1.82, 2.24) is 15.0 Å². The van der Waals surface area contributed by atoms with Crippen molar-refractivity contribution in [1.29, 1.82) is 0 Å². The van der Waals surface area contributed by atoms with Crippen molar-refractivity contribution in [2.24, 2.45) is 5.84 Å². The molecular formula is C11H16N6OS. The van der Waals surface area contributed by atoms with E-state index in [4.69, 9.17) is 10.6 Å². The third-order valence-corrected chi connectivity index (χ3v) is 3.51. The largest absolute Gasteiger partial charge is 0.467 e. The van der Waals surface area contributed by atoms with E-state index in [-0.39, 0.29) is 18.0 Å². The van der Waals surface area contributed by atoms with E-state index in [9.17, 15) is 0 Å². The van der Waals surface area contributed by atoms with Crippen molar-refractivity contribution >= 4 is 23.2 Å². The van der Waals surface area contributed by atoms with Crippen molar-refractivity contribution in [3.63, 3.8) is 0 Å². The zero-order valence-electron chi connectivity index (χ0n) is 10.8. The summed E-state index contributed by atoms with van der Waals surface area (Å²) in [6.07, 6.45) is 0.917. The molecule has 0 bridgehead atoms. The molecule has 0 amide bonds. The molecule has 2 rings (SSSR count). The molecule has 1 unspecified atom stereocenters. The van der Waals surface area contributed by atoms with Crippen LogP contribution in [0.2, 0.25) is 0 Å². The Kier molecular flexibility index (Phi) is 4.48. The molecule has 0 spiro atoms. The molecule has 0 saturated heterocycles. The third-order valence-electron chi connectivity index (χ3n) is 2.52. The fraction of sp³-hybridized carbons (Fsp3) is 0.364. The molecule has 2 heterocycles. The van der Waals surface area contributed by atoms with E-state index in [1.807, 2.05) is 11.4 Å². The van der Waals surface area contributed by atoms with Crippen molar-refractivity contribution in [2.75, 3.05) is 17.9 Å². The smallest absolute Gasteiger partial charge is 0.322 e. The maximum atomic E-state index is 5.32. The van der Waals surface area contributed by atoms with Gasteiger partial charge in [-0.2, -0.15) is 15.0 Å². The number of nitrogens with one attached hydrogen (secondary N) is 2. The van der Waals surface area contributed by atoms with Gasteiger partial charge < -0.3 is 10.1 Å². The molecule has 0 aliphatic carbocycles. The quantitative estimate of drug-likeness (QED) is 0.548. The number of hydrazine groups is 1. The van der Waals surface area contributed by atoms with Crippen molar-refractivity contribution in [3.8, 4) is 6.01 Å². The number of anilines is 2. The Hall–Kier alpha value is -1.93. The van der Waals surface area contributed by atoms with E-state index in [1.54, 1.807) is 11.3 Å². The summed E-state index contributed by atoms with van der Waals surface area (Å²) in [5, 5.41) is 5.30. The molecule has 0 aliphatic heterocycles. The number of thiophene rings is 1. The maximum Gasteiger partial charge on any atom is 0.322 e. The molecule has 102 valence electrons. The van der Waals surface area contributed by atoms with Crippen LogP contribution in [0.4, 0.5) is 11.9 Å². The normalized spacial score (nSPS) is 11.9. The first-order valence-electron chi connectivity index (χ1n) is 5.83. The molecule has 0 fully saturated rings. The molecule has 8 heteroatoms. The minimum absolute atomic E-state index is 0.151. The topological polar surface area (TPSA) is 98.0 Å². The van der Waals surface area contributed by atoms with Gasteiger partial charge in [-0.15, -0.1) is 11.3 Å². The van der Waals surface area contributed by atoms with Gasteiger partial charge in [0.25, 0.3) is 0 Å². The van der Waals surface area contributed by atoms with E-state index in [0.29, 0.717) is 5.95 Å². The first-order chi connectivity index (χ1) is 9.26. The highest BCUT2D eigenvalue weighted by Gasteiger charge is 2.13. The second-order valence-corrected chi connectivity index (χ2v) is 4.71. The number of nitrogens with zero attached hydrogens (tertiary/aromatic N) is 3. The van der Waals surface area contributed by atoms with Gasteiger partial charge >= 0.3 is 6.01 Å². The summed E-state index contributed by atoms with van der Waals surface area (Å²) in [4.78, 5) is 13.5. The van der Waals surface area contributed by atoms with Crippen LogP contribution < -0.4 is 21.3 Å². The predicted octanol–water partition coefficient (Wildman–Crippen LogP) is 1.79. The van der Waals surface area contributed by atoms with Crippen LogP contribution in [0.5, 0.6) is 6.01 Å². The van der Waals surface area contributed by atoms with Crippen LogP contribution in [0.3, 0.4) is 0 Å². The SMILES string of the molecule is CCC(Nc1nc(NN)nc(OC)n1)c1cccs1. The summed E-state index contributed by atoms with van der Waals surface area (Å²) in [7, 11) is 1.50. The lowest BCUT2D eigenvalue weighted by Crippen LogP contribution is -2.16. The van der Waals surface area contributed by atoms with E-state index < -0.39 is 0 Å². The summed E-state index contributed by atoms with van der Waals surface area (Å²) < 4.78 is 5.01. The standard InChI is InChI=1S/C11H16N6OS/c1-3-7(8-5-4-6-19-8)13-9-14-10(17-12)16-11(15-9)18-2/h4-7H,3,12H2,1-2H3,(H2,13,14,15,16,17). The molecule has 0 radical (unpaired) electrons. The summed E-state index contributed by atoms with van der Waals surface area (Å²) in [5.41, 5.74) is 2.39. The van der Waals surface area contributed by atoms with Gasteiger partial charge in [-0.1, -0.05) is 13.0 Å². The molecule has 0 aromatic carbocycles. The van der Waals surface area contributed by atoms with Gasteiger partial charge in [0.05, 0.1) is 13.2 Å². The monoisotopic (exact) mass is 280 g/mol. The van der Waals surface area contributed by atoms with Crippen molar-refractivity contribution in [3.05, 3.63) is 22.4 Å². The van der Waals surface area contributed by atoms with E-state index in [2.05, 4.69) is 38.7 Å². The Balaban J connectivity index is 2.21. The van der Waals surface area contributed by atoms with E-state index in [0.717, 1.165) is 6.42 Å². The summed E-state index contributed by atoms with van der Waals surface area (Å²) >= 11 is 1.69. The van der Waals surface area contributed by atoms with Crippen LogP contribution in [0, 0.1) is 0 Å². The maximum absolute atomic E-state index is 5.32. The number of nitrogens with two attached hydrogens (primary N) is 1. The molecule has 0 saturated carbocycles. The van der Waals surface area contributed by atoms with Crippen molar-refractivity contribution in [2.45, 2.75) is 19.4 Å². The number of rotatable bonds is 6. The average molecular weight is 280 g/mol. The molecule has 1 atom stereocenters. The number of hydrogen-bond donors (Lipinski definition) is 3. The Morgan fingerprint density at radius 2 is 2.16 bits per heavy atom. The van der Waals surface area contributed by atoms with Gasteiger partial charge in [-0.25, -0.2) is 5.84 Å². The lowest BCUT2D eigenvalue weighted by atomic mass is 10.2. The zero-order valence-corrected chi connectivity index (χ0v) is 11.6. The summed E-state index contributed by atoms with van der Waals surface area (Å²) in [6, 6.07) is 4.46. The van der Waals surface area contributed by atoms with Crippen molar-refractivity contribution < 1.29 is 4.74 Å². The highest BCUT2D eigenvalue weighted by Crippen LogP contribution is 2.25. The van der Waals surface area contributed by atoms with Gasteiger partial charge in [0.1, 0.15) is 0 Å². The molecule has 19 heavy (non-hydrogen) atoms. The number of ether oxygens (including phenoxy) is 1. The van der Waals surface area contributed by atoms with Crippen LogP contribution >= 0.6 is 11.3 Å². The van der Waals surface area contributed by atoms with Crippen LogP contribution in [0.25, 0.3) is 0 Å². The minimum Gasteiger partial charge on any atom is -0.467 e. The second kappa shape index (κ2) is 6.30. The van der Waals surface area contributed by atoms with E-state index >= 15 is 0 Å². The Morgan fingerprint density at radius 1 is 1.37 bits per heavy atom. The third kappa shape index (κ3) is 3.30. The second-order valence-electron chi connectivity index (χ2n) is 3.73. The Morgan fingerprint density at radius 3 is 2.74 bits per heavy atom. The number of aromatic nitrogens is 3. The zero-order chi connectivity index (χ0) is 13.7. The Bertz CT molecular complexity index is 496. The van der Waals surface area contributed by atoms with Gasteiger partial charge in [0, 0.05) is 4.88 Å². The summed E-state index contributed by atoms with van der Waals surface area (Å²) in [5.74, 6) is 6.01. The molecular weight excluding hydrogens is 264 g/mol. The first kappa shape index (κ1) is 13.5. The predicted molar refractivity (Wildman–Crippen MR) is 75.2 cm³/mol. The molecule has 0 aliphatic rings. The van der Waals surface area contributed by atoms with Crippen LogP contribution in [-0.4, -0.2) is 22.1 Å². The fourth-order valence-electron chi connectivity index (χ4n) is 1.60. The van der Waals surface area contributed by atoms with Gasteiger partial charge in [0.15, 0.2) is 0 Å². The number of nitrogen functional groups attached to an aromatic ring is 1. The van der Waals surface area contributed by atoms with E-state index in [1.165, 1.54) is 12.0 Å². The number of hydrogen-bond acceptors (Lipinski definition) is 8. The molecule has 7 nitrogen and oxygen atoms in total. The fourth-order valence-corrected chi connectivity index (χ4v) is 2.46. The summed E-state index contributed by atoms with van der Waals surface area (Å²) in [6.45, 7) is 2.10. The Labute approximate surface area is 115 Å². The highest BCUT2D eigenvalue weighted by atomic mass is 32.1. The number of methoxy groups -OCH3 is 1. The van der Waals surface area contributed by atoms with Gasteiger partial charge in [0.2, 0.25) is 11.9 Å². The van der Waals surface area contributed by atoms with Gasteiger partial charge in [-0.05, 0) is 17.9 Å². The average Bonchev–Trinajstić information content (AvgIpc) is 2.98. The molecule has 2 aromatic heterocycles. The van der Waals surface area contributed by atoms with Gasteiger partial charge in [-0.3, -0.25) is 5.43 Å². The van der Waals surface area contributed by atoms with Crippen LogP contribution in [0.15, 0.2) is 17.5 Å². The van der Waals surface area contributed by atoms with Crippen LogP contribution in [0.1, 0.15) is 24.3 Å². The lowest BCUT2D eigenvalue weighted by molar-refractivity contribution is 0.379.